The van der Waals surface area contributed by atoms with Crippen LogP contribution in [0.4, 0.5) is 0 Å². The van der Waals surface area contributed by atoms with Crippen LogP contribution in [0.15, 0.2) is 17.0 Å². The van der Waals surface area contributed by atoms with E-state index in [-0.39, 0.29) is 4.90 Å². The zero-order valence-corrected chi connectivity index (χ0v) is 13.0. The van der Waals surface area contributed by atoms with Gasteiger partial charge >= 0.3 is 0 Å². The van der Waals surface area contributed by atoms with E-state index in [0.29, 0.717) is 36.7 Å². The summed E-state index contributed by atoms with van der Waals surface area (Å²) in [6, 6.07) is 3.37. The topological polar surface area (TPSA) is 52.6 Å². The summed E-state index contributed by atoms with van der Waals surface area (Å²) in [6.45, 7) is 7.23. The smallest absolute Gasteiger partial charge is 0.261 e. The zero-order valence-electron chi connectivity index (χ0n) is 11.4. The Hall–Kier alpha value is -0.780. The van der Waals surface area contributed by atoms with Gasteiger partial charge in [0.25, 0.3) is 9.05 Å². The number of aryl methyl sites for hydroxylation is 2. The van der Waals surface area contributed by atoms with Crippen LogP contribution < -0.4 is 4.74 Å². The molecule has 0 aliphatic rings. The van der Waals surface area contributed by atoms with Gasteiger partial charge in [0.1, 0.15) is 5.75 Å². The monoisotopic (exact) mass is 306 g/mol. The van der Waals surface area contributed by atoms with E-state index in [4.69, 9.17) is 20.2 Å². The van der Waals surface area contributed by atoms with Crippen LogP contribution in [0.25, 0.3) is 0 Å². The third kappa shape index (κ3) is 5.01. The van der Waals surface area contributed by atoms with Crippen LogP contribution in [0.5, 0.6) is 5.75 Å². The van der Waals surface area contributed by atoms with E-state index in [1.807, 2.05) is 6.92 Å². The number of benzene rings is 1. The minimum Gasteiger partial charge on any atom is -0.493 e. The summed E-state index contributed by atoms with van der Waals surface area (Å²) in [4.78, 5) is 0.163. The van der Waals surface area contributed by atoms with Gasteiger partial charge < -0.3 is 9.47 Å². The first-order chi connectivity index (χ1) is 8.86. The number of ether oxygens (including phenoxy) is 2. The Bertz CT molecular complexity index is 502. The van der Waals surface area contributed by atoms with Crippen LogP contribution >= 0.6 is 10.7 Å². The molecule has 0 N–H and O–H groups in total. The lowest BCUT2D eigenvalue weighted by molar-refractivity contribution is 0.131. The molecule has 0 fully saturated rings. The van der Waals surface area contributed by atoms with E-state index < -0.39 is 9.05 Å². The van der Waals surface area contributed by atoms with Crippen molar-refractivity contribution in [3.05, 3.63) is 23.3 Å². The van der Waals surface area contributed by atoms with Gasteiger partial charge in [-0.1, -0.05) is 0 Å². The zero-order chi connectivity index (χ0) is 14.5. The molecular weight excluding hydrogens is 288 g/mol. The Morgan fingerprint density at radius 3 is 2.21 bits per heavy atom. The van der Waals surface area contributed by atoms with Crippen molar-refractivity contribution < 1.29 is 17.9 Å². The molecule has 19 heavy (non-hydrogen) atoms. The van der Waals surface area contributed by atoms with E-state index in [9.17, 15) is 8.42 Å². The van der Waals surface area contributed by atoms with Gasteiger partial charge in [-0.15, -0.1) is 0 Å². The summed E-state index contributed by atoms with van der Waals surface area (Å²) < 4.78 is 33.6. The average Bonchev–Trinajstić information content (AvgIpc) is 2.25. The van der Waals surface area contributed by atoms with E-state index in [2.05, 4.69) is 0 Å². The molecule has 0 spiro atoms. The SMILES string of the molecule is CCOCCCOc1cc(C)c(S(=O)(=O)Cl)c(C)c1. The predicted octanol–water partition coefficient (Wildman–Crippen LogP) is 3.04. The minimum absolute atomic E-state index is 0.163. The normalized spacial score (nSPS) is 11.6. The Morgan fingerprint density at radius 2 is 1.74 bits per heavy atom. The first kappa shape index (κ1) is 16.3. The van der Waals surface area contributed by atoms with Gasteiger partial charge in [-0.25, -0.2) is 8.42 Å². The first-order valence-electron chi connectivity index (χ1n) is 6.12. The molecule has 108 valence electrons. The summed E-state index contributed by atoms with van der Waals surface area (Å²) >= 11 is 0. The van der Waals surface area contributed by atoms with Gasteiger partial charge in [0.05, 0.1) is 11.5 Å². The lowest BCUT2D eigenvalue weighted by Gasteiger charge is -2.11. The van der Waals surface area contributed by atoms with Gasteiger partial charge in [0, 0.05) is 30.3 Å². The van der Waals surface area contributed by atoms with E-state index in [1.165, 1.54) is 0 Å². The molecule has 0 heterocycles. The standard InChI is InChI=1S/C13H19ClO4S/c1-4-17-6-5-7-18-12-8-10(2)13(11(3)9-12)19(14,15)16/h8-9H,4-7H2,1-3H3. The van der Waals surface area contributed by atoms with Crippen molar-refractivity contribution in [3.8, 4) is 5.75 Å². The van der Waals surface area contributed by atoms with Crippen LogP contribution in [0.2, 0.25) is 0 Å². The highest BCUT2D eigenvalue weighted by Crippen LogP contribution is 2.28. The Labute approximate surface area is 119 Å². The fourth-order valence-electron chi connectivity index (χ4n) is 1.87. The lowest BCUT2D eigenvalue weighted by Crippen LogP contribution is -2.04. The van der Waals surface area contributed by atoms with Gasteiger partial charge in [-0.05, 0) is 44.0 Å². The second-order valence-corrected chi connectivity index (χ2v) is 6.73. The number of rotatable bonds is 7. The largest absolute Gasteiger partial charge is 0.493 e. The minimum atomic E-state index is -3.72. The summed E-state index contributed by atoms with van der Waals surface area (Å²) in [5.74, 6) is 0.649. The van der Waals surface area contributed by atoms with Crippen LogP contribution in [0.1, 0.15) is 24.5 Å². The van der Waals surface area contributed by atoms with Crippen molar-refractivity contribution in [3.63, 3.8) is 0 Å². The molecule has 0 aliphatic heterocycles. The van der Waals surface area contributed by atoms with Crippen LogP contribution in [-0.4, -0.2) is 28.2 Å². The molecule has 1 rings (SSSR count). The Morgan fingerprint density at radius 1 is 1.16 bits per heavy atom. The molecule has 0 bridgehead atoms. The fraction of sp³-hybridized carbons (Fsp3) is 0.538. The second-order valence-electron chi connectivity index (χ2n) is 4.22. The highest BCUT2D eigenvalue weighted by molar-refractivity contribution is 8.13. The molecular formula is C13H19ClO4S. The molecule has 0 radical (unpaired) electrons. The third-order valence-electron chi connectivity index (χ3n) is 2.58. The van der Waals surface area contributed by atoms with Crippen molar-refractivity contribution in [2.45, 2.75) is 32.1 Å². The van der Waals surface area contributed by atoms with Crippen molar-refractivity contribution in [1.82, 2.24) is 0 Å². The van der Waals surface area contributed by atoms with Crippen molar-refractivity contribution >= 4 is 19.7 Å². The van der Waals surface area contributed by atoms with Gasteiger partial charge in [-0.2, -0.15) is 0 Å². The predicted molar refractivity (Wildman–Crippen MR) is 75.6 cm³/mol. The van der Waals surface area contributed by atoms with E-state index in [0.717, 1.165) is 6.42 Å². The molecule has 0 aromatic heterocycles. The van der Waals surface area contributed by atoms with Gasteiger partial charge in [0.2, 0.25) is 0 Å². The van der Waals surface area contributed by atoms with Crippen molar-refractivity contribution in [2.24, 2.45) is 0 Å². The lowest BCUT2D eigenvalue weighted by atomic mass is 10.1. The molecule has 0 unspecified atom stereocenters. The number of hydrogen-bond donors (Lipinski definition) is 0. The fourth-order valence-corrected chi connectivity index (χ4v) is 3.49. The number of hydrogen-bond acceptors (Lipinski definition) is 4. The quantitative estimate of drug-likeness (QED) is 0.574. The molecule has 0 saturated heterocycles. The van der Waals surface area contributed by atoms with Crippen LogP contribution in [0, 0.1) is 13.8 Å². The van der Waals surface area contributed by atoms with Crippen LogP contribution in [0.3, 0.4) is 0 Å². The van der Waals surface area contributed by atoms with Gasteiger partial charge in [0.15, 0.2) is 0 Å². The molecule has 0 atom stereocenters. The molecule has 0 saturated carbocycles. The van der Waals surface area contributed by atoms with E-state index >= 15 is 0 Å². The maximum Gasteiger partial charge on any atom is 0.261 e. The average molecular weight is 307 g/mol. The van der Waals surface area contributed by atoms with Crippen molar-refractivity contribution in [1.29, 1.82) is 0 Å². The molecule has 4 nitrogen and oxygen atoms in total. The Balaban J connectivity index is 2.74. The summed E-state index contributed by atoms with van der Waals surface area (Å²) in [5.41, 5.74) is 1.18. The maximum atomic E-state index is 11.4. The van der Waals surface area contributed by atoms with Gasteiger partial charge in [-0.3, -0.25) is 0 Å². The Kier molecular flexibility index (Phi) is 6.10. The van der Waals surface area contributed by atoms with E-state index in [1.54, 1.807) is 26.0 Å². The molecule has 0 amide bonds. The molecule has 6 heteroatoms. The first-order valence-corrected chi connectivity index (χ1v) is 8.43. The maximum absolute atomic E-state index is 11.4. The summed E-state index contributed by atoms with van der Waals surface area (Å²) in [7, 11) is 1.68. The van der Waals surface area contributed by atoms with Crippen LogP contribution in [-0.2, 0) is 13.8 Å². The van der Waals surface area contributed by atoms with Crippen molar-refractivity contribution in [2.75, 3.05) is 19.8 Å². The second kappa shape index (κ2) is 7.12. The number of halogens is 1. The highest BCUT2D eigenvalue weighted by Gasteiger charge is 2.17. The third-order valence-corrected chi connectivity index (χ3v) is 4.18. The molecule has 1 aromatic rings. The molecule has 0 aliphatic carbocycles. The molecule has 1 aromatic carbocycles. The summed E-state index contributed by atoms with van der Waals surface area (Å²) in [5, 5.41) is 0. The summed E-state index contributed by atoms with van der Waals surface area (Å²) in [6.07, 6.45) is 0.793. The highest BCUT2D eigenvalue weighted by atomic mass is 35.7.